The second-order valence-corrected chi connectivity index (χ2v) is 12.7. The Balaban J connectivity index is 2.01. The molecule has 0 amide bonds. The summed E-state index contributed by atoms with van der Waals surface area (Å²) in [7, 11) is -1.10. The smallest absolute Gasteiger partial charge is 0.189 e. The Hall–Kier alpha value is -0.913. The lowest BCUT2D eigenvalue weighted by atomic mass is 10.1. The summed E-state index contributed by atoms with van der Waals surface area (Å²) < 4.78 is 26.0. The standard InChI is InChI=1S/C16H20BrFO2Si/c1-21(2,3)9-8-19-11-20-15-10-14(17)12-6-4-5-7-13(12)16(15)18/h4-7,10H,8-9,11H2,1-3H3. The molecule has 0 N–H and O–H groups in total. The number of fused-ring (bicyclic) bond motifs is 1. The van der Waals surface area contributed by atoms with Gasteiger partial charge in [-0.25, -0.2) is 4.39 Å². The molecule has 2 rings (SSSR count). The van der Waals surface area contributed by atoms with Crippen molar-refractivity contribution in [3.05, 3.63) is 40.6 Å². The minimum atomic E-state index is -1.10. The lowest BCUT2D eigenvalue weighted by Gasteiger charge is -2.16. The van der Waals surface area contributed by atoms with Gasteiger partial charge in [-0.3, -0.25) is 0 Å². The van der Waals surface area contributed by atoms with Crippen LogP contribution in [-0.4, -0.2) is 21.5 Å². The topological polar surface area (TPSA) is 18.5 Å². The minimum Gasteiger partial charge on any atom is -0.464 e. The molecule has 0 fully saturated rings. The average Bonchev–Trinajstić information content (AvgIpc) is 2.42. The highest BCUT2D eigenvalue weighted by Gasteiger charge is 2.13. The second-order valence-electron chi connectivity index (χ2n) is 6.20. The van der Waals surface area contributed by atoms with Crippen LogP contribution in [0.15, 0.2) is 34.8 Å². The minimum absolute atomic E-state index is 0.0756. The predicted octanol–water partition coefficient (Wildman–Crippen LogP) is 5.43. The lowest BCUT2D eigenvalue weighted by Crippen LogP contribution is -2.22. The Morgan fingerprint density at radius 3 is 2.48 bits per heavy atom. The van der Waals surface area contributed by atoms with Gasteiger partial charge in [0.1, 0.15) is 0 Å². The molecule has 21 heavy (non-hydrogen) atoms. The highest BCUT2D eigenvalue weighted by molar-refractivity contribution is 9.10. The van der Waals surface area contributed by atoms with Crippen molar-refractivity contribution in [3.63, 3.8) is 0 Å². The van der Waals surface area contributed by atoms with E-state index in [9.17, 15) is 4.39 Å². The Morgan fingerprint density at radius 1 is 1.14 bits per heavy atom. The van der Waals surface area contributed by atoms with Gasteiger partial charge in [-0.05, 0) is 17.5 Å². The summed E-state index contributed by atoms with van der Waals surface area (Å²) in [6, 6.07) is 10.0. The van der Waals surface area contributed by atoms with Crippen molar-refractivity contribution in [2.24, 2.45) is 0 Å². The van der Waals surface area contributed by atoms with Crippen LogP contribution >= 0.6 is 15.9 Å². The molecule has 2 nitrogen and oxygen atoms in total. The Bertz CT molecular complexity index is 625. The van der Waals surface area contributed by atoms with Gasteiger partial charge in [0.15, 0.2) is 18.4 Å². The van der Waals surface area contributed by atoms with Crippen LogP contribution in [0.1, 0.15) is 0 Å². The van der Waals surface area contributed by atoms with E-state index in [2.05, 4.69) is 35.6 Å². The molecule has 0 saturated carbocycles. The van der Waals surface area contributed by atoms with Gasteiger partial charge in [0.05, 0.1) is 0 Å². The molecule has 2 aromatic carbocycles. The maximum absolute atomic E-state index is 14.4. The molecule has 0 aromatic heterocycles. The summed E-state index contributed by atoms with van der Waals surface area (Å²) in [6.45, 7) is 7.60. The van der Waals surface area contributed by atoms with E-state index in [1.165, 1.54) is 0 Å². The van der Waals surface area contributed by atoms with Crippen molar-refractivity contribution in [2.75, 3.05) is 13.4 Å². The van der Waals surface area contributed by atoms with Gasteiger partial charge < -0.3 is 9.47 Å². The molecule has 0 aliphatic heterocycles. The van der Waals surface area contributed by atoms with Gasteiger partial charge in [0, 0.05) is 24.5 Å². The van der Waals surface area contributed by atoms with Crippen molar-refractivity contribution >= 4 is 34.8 Å². The van der Waals surface area contributed by atoms with Gasteiger partial charge in [0.2, 0.25) is 0 Å². The van der Waals surface area contributed by atoms with Crippen molar-refractivity contribution in [3.8, 4) is 5.75 Å². The summed E-state index contributed by atoms with van der Waals surface area (Å²) in [5.74, 6) is -0.129. The maximum atomic E-state index is 14.4. The average molecular weight is 371 g/mol. The fraction of sp³-hybridized carbons (Fsp3) is 0.375. The number of rotatable bonds is 6. The third-order valence-electron chi connectivity index (χ3n) is 3.19. The van der Waals surface area contributed by atoms with Gasteiger partial charge in [-0.15, -0.1) is 0 Å². The van der Waals surface area contributed by atoms with E-state index < -0.39 is 8.07 Å². The van der Waals surface area contributed by atoms with Crippen LogP contribution in [0.3, 0.4) is 0 Å². The molecule has 0 radical (unpaired) electrons. The van der Waals surface area contributed by atoms with E-state index in [0.717, 1.165) is 15.9 Å². The number of hydrogen-bond acceptors (Lipinski definition) is 2. The van der Waals surface area contributed by atoms with Crippen LogP contribution in [0.4, 0.5) is 4.39 Å². The third kappa shape index (κ3) is 4.53. The zero-order valence-electron chi connectivity index (χ0n) is 12.6. The van der Waals surface area contributed by atoms with E-state index in [0.29, 0.717) is 12.0 Å². The predicted molar refractivity (Wildman–Crippen MR) is 91.2 cm³/mol. The fourth-order valence-corrected chi connectivity index (χ4v) is 3.23. The monoisotopic (exact) mass is 370 g/mol. The summed E-state index contributed by atoms with van der Waals surface area (Å²) in [6.07, 6.45) is 0. The molecule has 5 heteroatoms. The van der Waals surface area contributed by atoms with Crippen molar-refractivity contribution < 1.29 is 13.9 Å². The molecular formula is C16H20BrFO2Si. The number of ether oxygens (including phenoxy) is 2. The first-order chi connectivity index (χ1) is 9.88. The van der Waals surface area contributed by atoms with E-state index in [1.54, 1.807) is 12.1 Å². The van der Waals surface area contributed by atoms with Crippen LogP contribution < -0.4 is 4.74 Å². The van der Waals surface area contributed by atoms with E-state index in [4.69, 9.17) is 9.47 Å². The summed E-state index contributed by atoms with van der Waals surface area (Å²) in [5, 5.41) is 1.38. The molecule has 0 saturated heterocycles. The van der Waals surface area contributed by atoms with Crippen molar-refractivity contribution in [1.29, 1.82) is 0 Å². The van der Waals surface area contributed by atoms with Gasteiger partial charge in [-0.1, -0.05) is 59.8 Å². The first-order valence-electron chi connectivity index (χ1n) is 6.96. The molecule has 0 atom stereocenters. The van der Waals surface area contributed by atoms with Crippen LogP contribution in [0.2, 0.25) is 25.7 Å². The molecule has 2 aromatic rings. The summed E-state index contributed by atoms with van der Waals surface area (Å²) >= 11 is 3.45. The van der Waals surface area contributed by atoms with E-state index in [1.807, 2.05) is 18.2 Å². The SMILES string of the molecule is C[Si](C)(C)CCOCOc1cc(Br)c2ccccc2c1F. The first-order valence-corrected chi connectivity index (χ1v) is 11.5. The van der Waals surface area contributed by atoms with Crippen molar-refractivity contribution in [2.45, 2.75) is 25.7 Å². The Kier molecular flexibility index (Phi) is 5.41. The molecule has 0 bridgehead atoms. The zero-order chi connectivity index (χ0) is 15.5. The molecule has 0 heterocycles. The van der Waals surface area contributed by atoms with Crippen LogP contribution in [0.5, 0.6) is 5.75 Å². The van der Waals surface area contributed by atoms with Gasteiger partial charge in [0.25, 0.3) is 0 Å². The van der Waals surface area contributed by atoms with Crippen LogP contribution in [0.25, 0.3) is 10.8 Å². The number of hydrogen-bond donors (Lipinski definition) is 0. The first kappa shape index (κ1) is 16.5. The Labute approximate surface area is 134 Å². The normalized spacial score (nSPS) is 11.9. The quantitative estimate of drug-likeness (QED) is 0.383. The van der Waals surface area contributed by atoms with E-state index in [-0.39, 0.29) is 18.4 Å². The molecule has 0 aliphatic rings. The Morgan fingerprint density at radius 2 is 1.81 bits per heavy atom. The van der Waals surface area contributed by atoms with E-state index >= 15 is 0 Å². The summed E-state index contributed by atoms with van der Waals surface area (Å²) in [5.41, 5.74) is 0. The van der Waals surface area contributed by atoms with Gasteiger partial charge in [-0.2, -0.15) is 0 Å². The number of benzene rings is 2. The second kappa shape index (κ2) is 6.90. The molecule has 0 spiro atoms. The molecule has 0 unspecified atom stereocenters. The molecular weight excluding hydrogens is 351 g/mol. The molecule has 0 aliphatic carbocycles. The number of halogens is 2. The molecule has 114 valence electrons. The largest absolute Gasteiger partial charge is 0.464 e. The lowest BCUT2D eigenvalue weighted by molar-refractivity contribution is 0.0199. The highest BCUT2D eigenvalue weighted by atomic mass is 79.9. The maximum Gasteiger partial charge on any atom is 0.189 e. The van der Waals surface area contributed by atoms with Crippen LogP contribution in [-0.2, 0) is 4.74 Å². The van der Waals surface area contributed by atoms with Gasteiger partial charge >= 0.3 is 0 Å². The highest BCUT2D eigenvalue weighted by Crippen LogP contribution is 2.33. The van der Waals surface area contributed by atoms with Crippen LogP contribution in [0, 0.1) is 5.82 Å². The fourth-order valence-electron chi connectivity index (χ4n) is 1.92. The van der Waals surface area contributed by atoms with Crippen molar-refractivity contribution in [1.82, 2.24) is 0 Å². The summed E-state index contributed by atoms with van der Waals surface area (Å²) in [4.78, 5) is 0. The third-order valence-corrected chi connectivity index (χ3v) is 5.55. The zero-order valence-corrected chi connectivity index (χ0v) is 15.2.